The molecule has 0 saturated heterocycles. The Balaban J connectivity index is 0.00000292. The van der Waals surface area contributed by atoms with E-state index in [4.69, 9.17) is 4.74 Å². The molecule has 0 aliphatic rings. The number of ether oxygens (including phenoxy) is 1. The predicted molar refractivity (Wildman–Crippen MR) is 202 cm³/mol. The number of hydrogen-bond donors (Lipinski definition) is 0. The van der Waals surface area contributed by atoms with E-state index in [9.17, 15) is 0 Å². The fraction of sp³-hybridized carbons (Fsp3) is 0. The normalized spacial score (nSPS) is 11.7. The van der Waals surface area contributed by atoms with Gasteiger partial charge in [-0.15, -0.1) is 0 Å². The molecule has 1 atom stereocenters. The van der Waals surface area contributed by atoms with Crippen LogP contribution in [-0.2, 0) is 0 Å². The van der Waals surface area contributed by atoms with Crippen molar-refractivity contribution >= 4 is 74.5 Å². The van der Waals surface area contributed by atoms with E-state index >= 15 is 0 Å². The number of rotatable bonds is 4. The van der Waals surface area contributed by atoms with Gasteiger partial charge in [0.1, 0.15) is 11.5 Å². The predicted octanol–water partition coefficient (Wildman–Crippen LogP) is 12.7. The average molecular weight is 605 g/mol. The third kappa shape index (κ3) is 3.99. The Morgan fingerprint density at radius 3 is 1.09 bits per heavy atom. The third-order valence-corrected chi connectivity index (χ3v) is 9.58. The Labute approximate surface area is 270 Å². The summed E-state index contributed by atoms with van der Waals surface area (Å²) in [4.78, 5) is 0. The molecule has 0 saturated carbocycles. The summed E-state index contributed by atoms with van der Waals surface area (Å²) in [6.07, 6.45) is 0. The maximum Gasteiger partial charge on any atom is 0.128 e. The van der Waals surface area contributed by atoms with Crippen molar-refractivity contribution in [1.82, 2.24) is 0 Å². The van der Waals surface area contributed by atoms with Gasteiger partial charge in [0.15, 0.2) is 0 Å². The molecule has 1 unspecified atom stereocenters. The first kappa shape index (κ1) is 26.9. The maximum absolute atomic E-state index is 6.55. The zero-order chi connectivity index (χ0) is 29.5. The smallest absolute Gasteiger partial charge is 0.128 e. The molecule has 0 aromatic heterocycles. The highest BCUT2D eigenvalue weighted by atomic mass is 31.0. The fourth-order valence-corrected chi connectivity index (χ4v) is 7.56. The molecule has 0 fully saturated rings. The lowest BCUT2D eigenvalue weighted by Crippen LogP contribution is -1.90. The van der Waals surface area contributed by atoms with Crippen molar-refractivity contribution in [3.05, 3.63) is 158 Å². The van der Waals surface area contributed by atoms with Gasteiger partial charge in [-0.3, -0.25) is 0 Å². The lowest BCUT2D eigenvalue weighted by molar-refractivity contribution is 0.483. The van der Waals surface area contributed by atoms with Crippen LogP contribution >= 0.6 is 9.90 Å². The molecule has 2 heteroatoms. The van der Waals surface area contributed by atoms with Gasteiger partial charge >= 0.3 is 0 Å². The lowest BCUT2D eigenvalue weighted by atomic mass is 9.90. The summed E-state index contributed by atoms with van der Waals surface area (Å²) in [5.41, 5.74) is 4.73. The Morgan fingerprint density at radius 2 is 0.652 bits per heavy atom. The van der Waals surface area contributed by atoms with E-state index in [0.717, 1.165) is 22.6 Å². The van der Waals surface area contributed by atoms with Crippen LogP contribution in [0.1, 0.15) is 0 Å². The van der Waals surface area contributed by atoms with Gasteiger partial charge < -0.3 is 4.74 Å². The largest absolute Gasteiger partial charge is 0.457 e. The van der Waals surface area contributed by atoms with Gasteiger partial charge in [-0.25, -0.2) is 0 Å². The van der Waals surface area contributed by atoms with Crippen molar-refractivity contribution in [2.45, 2.75) is 0 Å². The Hall–Kier alpha value is -5.49. The van der Waals surface area contributed by atoms with Crippen LogP contribution in [0.5, 0.6) is 11.5 Å². The first-order valence-corrected chi connectivity index (χ1v) is 15.5. The Bertz CT molecular complexity index is 2520. The van der Waals surface area contributed by atoms with Crippen LogP contribution < -0.4 is 4.74 Å². The topological polar surface area (TPSA) is 9.23 Å². The van der Waals surface area contributed by atoms with Crippen LogP contribution in [0.3, 0.4) is 0 Å². The summed E-state index contributed by atoms with van der Waals surface area (Å²) in [6, 6.07) is 57.0. The first-order chi connectivity index (χ1) is 22.3. The molecule has 0 bridgehead atoms. The van der Waals surface area contributed by atoms with Gasteiger partial charge in [0.05, 0.1) is 0 Å². The van der Waals surface area contributed by atoms with Crippen LogP contribution in [-0.4, -0.2) is 0 Å². The molecule has 10 aromatic rings. The summed E-state index contributed by atoms with van der Waals surface area (Å²) in [5.74, 6) is 1.65. The van der Waals surface area contributed by atoms with Crippen molar-refractivity contribution in [2.75, 3.05) is 0 Å². The minimum Gasteiger partial charge on any atom is -0.457 e. The standard InChI is InChI=1S/C44H26O.H3P/c1-5-27-13-15-31-17-21-37(39-23-19-29(7-1)41(27)43(31)39)33-9-3-11-35(25-33)45-36-12-4-10-34(26-36)38-22-18-32-16-14-28-6-2-8-30-20-24-40(38)44(32)42(28)30;/h1-26H;1H3. The van der Waals surface area contributed by atoms with E-state index in [1.54, 1.807) is 0 Å². The first-order valence-electron chi connectivity index (χ1n) is 15.5. The monoisotopic (exact) mass is 604 g/mol. The molecule has 0 spiro atoms. The van der Waals surface area contributed by atoms with Crippen molar-refractivity contribution in [1.29, 1.82) is 0 Å². The Kier molecular flexibility index (Phi) is 6.00. The molecule has 10 aromatic carbocycles. The van der Waals surface area contributed by atoms with Crippen molar-refractivity contribution in [3.8, 4) is 33.8 Å². The molecular formula is C44H29OP. The minimum atomic E-state index is 0. The molecule has 0 radical (unpaired) electrons. The highest BCUT2D eigenvalue weighted by Crippen LogP contribution is 2.42. The van der Waals surface area contributed by atoms with Crippen molar-refractivity contribution in [3.63, 3.8) is 0 Å². The van der Waals surface area contributed by atoms with E-state index in [1.165, 1.54) is 75.8 Å². The molecular weight excluding hydrogens is 575 g/mol. The molecule has 0 N–H and O–H groups in total. The van der Waals surface area contributed by atoms with E-state index in [-0.39, 0.29) is 9.90 Å². The summed E-state index contributed by atoms with van der Waals surface area (Å²) in [5, 5.41) is 15.5. The summed E-state index contributed by atoms with van der Waals surface area (Å²) in [7, 11) is 0. The minimum absolute atomic E-state index is 0. The van der Waals surface area contributed by atoms with E-state index in [2.05, 4.69) is 146 Å². The lowest BCUT2D eigenvalue weighted by Gasteiger charge is -2.15. The summed E-state index contributed by atoms with van der Waals surface area (Å²) < 4.78 is 6.55. The van der Waals surface area contributed by atoms with E-state index in [1.807, 2.05) is 12.1 Å². The SMILES string of the molecule is P.c1cc(Oc2cccc(-c3ccc4ccc5cccc6ccc3c4c56)c2)cc(-c2ccc3ccc4cccc5ccc2c3c45)c1. The molecule has 10 rings (SSSR count). The zero-order valence-electron chi connectivity index (χ0n) is 25.1. The van der Waals surface area contributed by atoms with Crippen LogP contribution in [0, 0.1) is 0 Å². The average Bonchev–Trinajstić information content (AvgIpc) is 3.10. The molecule has 1 nitrogen and oxygen atoms in total. The van der Waals surface area contributed by atoms with Gasteiger partial charge in [-0.1, -0.05) is 133 Å². The second kappa shape index (κ2) is 10.3. The maximum atomic E-state index is 6.55. The molecule has 216 valence electrons. The van der Waals surface area contributed by atoms with Crippen LogP contribution in [0.25, 0.3) is 86.9 Å². The van der Waals surface area contributed by atoms with E-state index < -0.39 is 0 Å². The highest BCUT2D eigenvalue weighted by molar-refractivity contribution is 6.92. The zero-order valence-corrected chi connectivity index (χ0v) is 26.5. The van der Waals surface area contributed by atoms with Gasteiger partial charge in [0.2, 0.25) is 0 Å². The van der Waals surface area contributed by atoms with Gasteiger partial charge in [-0.05, 0) is 111 Å². The highest BCUT2D eigenvalue weighted by Gasteiger charge is 2.14. The molecule has 46 heavy (non-hydrogen) atoms. The molecule has 0 heterocycles. The third-order valence-electron chi connectivity index (χ3n) is 9.58. The van der Waals surface area contributed by atoms with Gasteiger partial charge in [0, 0.05) is 0 Å². The quantitative estimate of drug-likeness (QED) is 0.143. The molecule has 0 aliphatic carbocycles. The molecule has 0 aliphatic heterocycles. The number of hydrogen-bond acceptors (Lipinski definition) is 1. The van der Waals surface area contributed by atoms with Crippen LogP contribution in [0.2, 0.25) is 0 Å². The van der Waals surface area contributed by atoms with Crippen LogP contribution in [0.15, 0.2) is 158 Å². The second-order valence-electron chi connectivity index (χ2n) is 12.1. The summed E-state index contributed by atoms with van der Waals surface area (Å²) >= 11 is 0. The summed E-state index contributed by atoms with van der Waals surface area (Å²) in [6.45, 7) is 0. The van der Waals surface area contributed by atoms with Gasteiger partial charge in [0.25, 0.3) is 0 Å². The van der Waals surface area contributed by atoms with Crippen molar-refractivity contribution < 1.29 is 4.74 Å². The van der Waals surface area contributed by atoms with E-state index in [0.29, 0.717) is 0 Å². The molecule has 0 amide bonds. The van der Waals surface area contributed by atoms with Crippen LogP contribution in [0.4, 0.5) is 0 Å². The second-order valence-corrected chi connectivity index (χ2v) is 12.1. The van der Waals surface area contributed by atoms with Crippen molar-refractivity contribution in [2.24, 2.45) is 0 Å². The number of benzene rings is 10. The Morgan fingerprint density at radius 1 is 0.304 bits per heavy atom. The fourth-order valence-electron chi connectivity index (χ4n) is 7.56. The van der Waals surface area contributed by atoms with Gasteiger partial charge in [-0.2, -0.15) is 9.90 Å².